The van der Waals surface area contributed by atoms with E-state index >= 15 is 0 Å². The quantitative estimate of drug-likeness (QED) is 0.714. The fourth-order valence-electron chi connectivity index (χ4n) is 2.54. The van der Waals surface area contributed by atoms with E-state index in [1.165, 1.54) is 0 Å². The van der Waals surface area contributed by atoms with Crippen LogP contribution < -0.4 is 0 Å². The Morgan fingerprint density at radius 3 is 2.75 bits per heavy atom. The van der Waals surface area contributed by atoms with Gasteiger partial charge in [0.25, 0.3) is 0 Å². The second kappa shape index (κ2) is 3.32. The molecule has 1 aromatic carbocycles. The molecule has 0 aliphatic carbocycles. The Morgan fingerprint density at radius 2 is 2.06 bits per heavy atom. The van der Waals surface area contributed by atoms with Crippen molar-refractivity contribution in [1.82, 2.24) is 9.47 Å². The lowest BCUT2D eigenvalue weighted by molar-refractivity contribution is 0.144. The molecule has 3 rings (SSSR count). The van der Waals surface area contributed by atoms with Crippen LogP contribution in [-0.4, -0.2) is 29.6 Å². The van der Waals surface area contributed by atoms with Gasteiger partial charge in [0.05, 0.1) is 6.04 Å². The molecule has 0 N–H and O–H groups in total. The summed E-state index contributed by atoms with van der Waals surface area (Å²) in [5.74, 6) is -0.154. The van der Waals surface area contributed by atoms with Gasteiger partial charge in [-0.05, 0) is 37.7 Å². The van der Waals surface area contributed by atoms with Crippen LogP contribution >= 0.6 is 0 Å². The molecule has 0 unspecified atom stereocenters. The molecule has 1 aromatic heterocycles. The monoisotopic (exact) mass is 218 g/mol. The van der Waals surface area contributed by atoms with Gasteiger partial charge in [-0.1, -0.05) is 0 Å². The zero-order valence-corrected chi connectivity index (χ0v) is 9.57. The normalized spacial score (nSPS) is 17.9. The molecule has 3 heteroatoms. The van der Waals surface area contributed by atoms with Crippen molar-refractivity contribution < 1.29 is 4.39 Å². The maximum absolute atomic E-state index is 13.2. The molecule has 1 fully saturated rings. The minimum absolute atomic E-state index is 0.154. The van der Waals surface area contributed by atoms with E-state index in [1.807, 2.05) is 13.0 Å². The van der Waals surface area contributed by atoms with Crippen LogP contribution in [0.4, 0.5) is 4.39 Å². The van der Waals surface area contributed by atoms with Crippen molar-refractivity contribution in [3.63, 3.8) is 0 Å². The van der Waals surface area contributed by atoms with Crippen molar-refractivity contribution >= 4 is 10.9 Å². The highest BCUT2D eigenvalue weighted by molar-refractivity contribution is 5.84. The standard InChI is InChI=1S/C13H15FN2/c1-9-6-16(11-7-15(2)8-11)13-4-3-10(14)5-12(9)13/h3-6,11H,7-8H2,1-2H3. The number of fused-ring (bicyclic) bond motifs is 1. The molecule has 16 heavy (non-hydrogen) atoms. The van der Waals surface area contributed by atoms with Gasteiger partial charge < -0.3 is 9.47 Å². The summed E-state index contributed by atoms with van der Waals surface area (Å²) < 4.78 is 15.4. The molecule has 1 aliphatic rings. The lowest BCUT2D eigenvalue weighted by Crippen LogP contribution is -2.44. The van der Waals surface area contributed by atoms with Gasteiger partial charge in [0.1, 0.15) is 5.82 Å². The van der Waals surface area contributed by atoms with Gasteiger partial charge in [0.2, 0.25) is 0 Å². The number of halogens is 1. The highest BCUT2D eigenvalue weighted by atomic mass is 19.1. The number of likely N-dealkylation sites (N-methyl/N-ethyl adjacent to an activating group) is 1. The third kappa shape index (κ3) is 1.35. The summed E-state index contributed by atoms with van der Waals surface area (Å²) in [7, 11) is 2.12. The molecule has 0 saturated carbocycles. The minimum atomic E-state index is -0.154. The average molecular weight is 218 g/mol. The number of nitrogens with zero attached hydrogens (tertiary/aromatic N) is 2. The van der Waals surface area contributed by atoms with E-state index in [0.29, 0.717) is 6.04 Å². The Hall–Kier alpha value is -1.35. The van der Waals surface area contributed by atoms with Crippen molar-refractivity contribution in [3.8, 4) is 0 Å². The number of rotatable bonds is 1. The Morgan fingerprint density at radius 1 is 1.31 bits per heavy atom. The number of hydrogen-bond donors (Lipinski definition) is 0. The second-order valence-electron chi connectivity index (χ2n) is 4.76. The number of likely N-dealkylation sites (tertiary alicyclic amines) is 1. The lowest BCUT2D eigenvalue weighted by atomic mass is 10.1. The predicted molar refractivity (Wildman–Crippen MR) is 63.2 cm³/mol. The smallest absolute Gasteiger partial charge is 0.123 e. The summed E-state index contributed by atoms with van der Waals surface area (Å²) in [5, 5.41) is 1.04. The molecular weight excluding hydrogens is 203 g/mol. The van der Waals surface area contributed by atoms with Gasteiger partial charge in [-0.2, -0.15) is 0 Å². The Labute approximate surface area is 94.3 Å². The van der Waals surface area contributed by atoms with Gasteiger partial charge in [0.15, 0.2) is 0 Å². The highest BCUT2D eigenvalue weighted by Crippen LogP contribution is 2.28. The summed E-state index contributed by atoms with van der Waals surface area (Å²) in [6.07, 6.45) is 2.14. The van der Waals surface area contributed by atoms with Gasteiger partial charge in [-0.25, -0.2) is 4.39 Å². The molecule has 84 valence electrons. The largest absolute Gasteiger partial charge is 0.342 e. The topological polar surface area (TPSA) is 8.17 Å². The number of aromatic nitrogens is 1. The van der Waals surface area contributed by atoms with Crippen LogP contribution in [0, 0.1) is 12.7 Å². The van der Waals surface area contributed by atoms with Crippen LogP contribution in [0.2, 0.25) is 0 Å². The zero-order valence-electron chi connectivity index (χ0n) is 9.57. The summed E-state index contributed by atoms with van der Waals surface area (Å²) in [4.78, 5) is 2.29. The second-order valence-corrected chi connectivity index (χ2v) is 4.76. The molecule has 0 radical (unpaired) electrons. The molecule has 2 heterocycles. The molecule has 2 nitrogen and oxygen atoms in total. The number of benzene rings is 1. The first-order chi connectivity index (χ1) is 7.65. The summed E-state index contributed by atoms with van der Waals surface area (Å²) in [6.45, 7) is 4.21. The van der Waals surface area contributed by atoms with E-state index in [2.05, 4.69) is 22.7 Å². The molecule has 1 saturated heterocycles. The SMILES string of the molecule is Cc1cn(C2CN(C)C2)c2ccc(F)cc12. The minimum Gasteiger partial charge on any atom is -0.342 e. The number of hydrogen-bond acceptors (Lipinski definition) is 1. The van der Waals surface area contributed by atoms with E-state index in [1.54, 1.807) is 12.1 Å². The van der Waals surface area contributed by atoms with Crippen LogP contribution in [0.25, 0.3) is 10.9 Å². The van der Waals surface area contributed by atoms with E-state index in [-0.39, 0.29) is 5.82 Å². The molecule has 1 aliphatic heterocycles. The van der Waals surface area contributed by atoms with Gasteiger partial charge in [-0.15, -0.1) is 0 Å². The Kier molecular flexibility index (Phi) is 2.04. The van der Waals surface area contributed by atoms with Crippen molar-refractivity contribution in [1.29, 1.82) is 0 Å². The maximum atomic E-state index is 13.2. The summed E-state index contributed by atoms with van der Waals surface area (Å²) in [5.41, 5.74) is 2.31. The van der Waals surface area contributed by atoms with Gasteiger partial charge in [0, 0.05) is 30.2 Å². The van der Waals surface area contributed by atoms with Crippen LogP contribution in [0.5, 0.6) is 0 Å². The first kappa shape index (κ1) is 9.85. The van der Waals surface area contributed by atoms with Crippen molar-refractivity contribution in [2.24, 2.45) is 0 Å². The van der Waals surface area contributed by atoms with E-state index in [9.17, 15) is 4.39 Å². The summed E-state index contributed by atoms with van der Waals surface area (Å²) >= 11 is 0. The first-order valence-corrected chi connectivity index (χ1v) is 5.60. The highest BCUT2D eigenvalue weighted by Gasteiger charge is 2.25. The third-order valence-corrected chi connectivity index (χ3v) is 3.43. The molecule has 0 amide bonds. The first-order valence-electron chi connectivity index (χ1n) is 5.60. The van der Waals surface area contributed by atoms with Gasteiger partial charge >= 0.3 is 0 Å². The van der Waals surface area contributed by atoms with Crippen molar-refractivity contribution in [2.75, 3.05) is 20.1 Å². The Balaban J connectivity index is 2.12. The lowest BCUT2D eigenvalue weighted by Gasteiger charge is -2.37. The van der Waals surface area contributed by atoms with Crippen LogP contribution in [0.15, 0.2) is 24.4 Å². The molecule has 0 atom stereocenters. The van der Waals surface area contributed by atoms with Crippen LogP contribution in [-0.2, 0) is 0 Å². The maximum Gasteiger partial charge on any atom is 0.123 e. The van der Waals surface area contributed by atoms with Crippen molar-refractivity contribution in [3.05, 3.63) is 35.8 Å². The summed E-state index contributed by atoms with van der Waals surface area (Å²) in [6, 6.07) is 5.60. The molecular formula is C13H15FN2. The van der Waals surface area contributed by atoms with Gasteiger partial charge in [-0.3, -0.25) is 0 Å². The molecule has 0 spiro atoms. The molecule has 0 bridgehead atoms. The molecule has 2 aromatic rings. The van der Waals surface area contributed by atoms with E-state index in [0.717, 1.165) is 29.6 Å². The number of aryl methyl sites for hydroxylation is 1. The Bertz CT molecular complexity index is 538. The average Bonchev–Trinajstić information content (AvgIpc) is 2.51. The fourth-order valence-corrected chi connectivity index (χ4v) is 2.54. The van der Waals surface area contributed by atoms with E-state index in [4.69, 9.17) is 0 Å². The fraction of sp³-hybridized carbons (Fsp3) is 0.385. The van der Waals surface area contributed by atoms with Crippen LogP contribution in [0.3, 0.4) is 0 Å². The third-order valence-electron chi connectivity index (χ3n) is 3.43. The van der Waals surface area contributed by atoms with Crippen LogP contribution in [0.1, 0.15) is 11.6 Å². The van der Waals surface area contributed by atoms with E-state index < -0.39 is 0 Å². The zero-order chi connectivity index (χ0) is 11.3. The van der Waals surface area contributed by atoms with Crippen molar-refractivity contribution in [2.45, 2.75) is 13.0 Å². The predicted octanol–water partition coefficient (Wildman–Crippen LogP) is 2.58.